The summed E-state index contributed by atoms with van der Waals surface area (Å²) in [6.45, 7) is 7.77. The minimum Gasteiger partial charge on any atom is -0.468 e. The van der Waals surface area contributed by atoms with Gasteiger partial charge in [0, 0.05) is 30.3 Å². The molecule has 9 nitrogen and oxygen atoms in total. The molecule has 0 unspecified atom stereocenters. The van der Waals surface area contributed by atoms with E-state index in [1.165, 1.54) is 6.07 Å². The molecule has 0 aliphatic heterocycles. The Kier molecular flexibility index (Phi) is 6.64. The SMILES string of the molecule is CCc1nc2c(C)cc(OCC(F)(F)F)nc2n1Cc1ccc(-c2c(-c3nnn[nH]3)cc(C)n2CC)cc1. The van der Waals surface area contributed by atoms with Crippen LogP contribution in [0.5, 0.6) is 5.88 Å². The molecule has 5 rings (SSSR count). The van der Waals surface area contributed by atoms with Crippen LogP contribution in [0.15, 0.2) is 36.4 Å². The van der Waals surface area contributed by atoms with E-state index in [2.05, 4.69) is 43.2 Å². The third kappa shape index (κ3) is 4.85. The molecule has 0 atom stereocenters. The fourth-order valence-electron chi connectivity index (χ4n) is 4.72. The van der Waals surface area contributed by atoms with Crippen molar-refractivity contribution in [2.45, 2.75) is 53.4 Å². The van der Waals surface area contributed by atoms with E-state index in [1.54, 1.807) is 6.92 Å². The lowest BCUT2D eigenvalue weighted by Crippen LogP contribution is -2.19. The second kappa shape index (κ2) is 9.92. The average molecular weight is 525 g/mol. The first-order valence-corrected chi connectivity index (χ1v) is 12.3. The molecule has 0 radical (unpaired) electrons. The van der Waals surface area contributed by atoms with Gasteiger partial charge >= 0.3 is 6.18 Å². The number of hydrogen-bond acceptors (Lipinski definition) is 6. The quantitative estimate of drug-likeness (QED) is 0.297. The van der Waals surface area contributed by atoms with Crippen molar-refractivity contribution in [3.05, 3.63) is 59.0 Å². The number of imidazole rings is 1. The molecule has 0 aliphatic rings. The summed E-state index contributed by atoms with van der Waals surface area (Å²) in [6, 6.07) is 11.7. The number of tetrazole rings is 1. The lowest BCUT2D eigenvalue weighted by molar-refractivity contribution is -0.154. The predicted molar refractivity (Wildman–Crippen MR) is 136 cm³/mol. The second-order valence-corrected chi connectivity index (χ2v) is 9.06. The van der Waals surface area contributed by atoms with Gasteiger partial charge in [-0.3, -0.25) is 0 Å². The second-order valence-electron chi connectivity index (χ2n) is 9.06. The number of ether oxygens (including phenoxy) is 1. The molecule has 198 valence electrons. The number of halogens is 3. The van der Waals surface area contributed by atoms with Crippen LogP contribution >= 0.6 is 0 Å². The number of aromatic amines is 1. The Hall–Kier alpha value is -4.22. The summed E-state index contributed by atoms with van der Waals surface area (Å²) in [5.74, 6) is 1.32. The van der Waals surface area contributed by atoms with Crippen molar-refractivity contribution in [3.63, 3.8) is 0 Å². The van der Waals surface area contributed by atoms with Crippen LogP contribution in [-0.4, -0.2) is 52.5 Å². The van der Waals surface area contributed by atoms with Crippen molar-refractivity contribution in [3.8, 4) is 28.5 Å². The van der Waals surface area contributed by atoms with Crippen molar-refractivity contribution in [2.24, 2.45) is 0 Å². The van der Waals surface area contributed by atoms with Crippen molar-refractivity contribution >= 4 is 11.2 Å². The van der Waals surface area contributed by atoms with Gasteiger partial charge in [0.1, 0.15) is 11.3 Å². The van der Waals surface area contributed by atoms with Gasteiger partial charge in [0.05, 0.1) is 12.2 Å². The highest BCUT2D eigenvalue weighted by atomic mass is 19.4. The Morgan fingerprint density at radius 3 is 2.39 bits per heavy atom. The van der Waals surface area contributed by atoms with Crippen LogP contribution in [0.3, 0.4) is 0 Å². The molecule has 0 spiro atoms. The van der Waals surface area contributed by atoms with Gasteiger partial charge < -0.3 is 13.9 Å². The first-order valence-electron chi connectivity index (χ1n) is 12.3. The number of aromatic nitrogens is 8. The molecule has 0 saturated carbocycles. The van der Waals surface area contributed by atoms with Gasteiger partial charge in [-0.1, -0.05) is 31.2 Å². The molecule has 38 heavy (non-hydrogen) atoms. The fraction of sp³-hybridized carbons (Fsp3) is 0.346. The molecule has 12 heteroatoms. The van der Waals surface area contributed by atoms with Crippen LogP contribution in [0.4, 0.5) is 13.2 Å². The first kappa shape index (κ1) is 25.4. The van der Waals surface area contributed by atoms with Crippen molar-refractivity contribution < 1.29 is 17.9 Å². The zero-order valence-corrected chi connectivity index (χ0v) is 21.5. The van der Waals surface area contributed by atoms with Gasteiger partial charge in [-0.15, -0.1) is 5.10 Å². The standard InChI is InChI=1S/C26H27F3N8O/c1-5-20-30-22-15(3)11-21(38-14-26(27,28)29)31-25(22)37(20)13-17-7-9-18(10-8-17)23-19(24-32-34-35-33-24)12-16(4)36(23)6-2/h7-12H,5-6,13-14H2,1-4H3,(H,32,33,34,35). The number of benzene rings is 1. The van der Waals surface area contributed by atoms with E-state index in [0.717, 1.165) is 40.4 Å². The Morgan fingerprint density at radius 2 is 1.76 bits per heavy atom. The molecular weight excluding hydrogens is 497 g/mol. The van der Waals surface area contributed by atoms with Crippen molar-refractivity contribution in [1.29, 1.82) is 0 Å². The van der Waals surface area contributed by atoms with Gasteiger partial charge in [-0.05, 0) is 54.0 Å². The summed E-state index contributed by atoms with van der Waals surface area (Å²) in [5.41, 5.74) is 6.90. The predicted octanol–water partition coefficient (Wildman–Crippen LogP) is 5.27. The highest BCUT2D eigenvalue weighted by Crippen LogP contribution is 2.34. The number of pyridine rings is 1. The zero-order valence-electron chi connectivity index (χ0n) is 21.5. The topological polar surface area (TPSA) is 99.3 Å². The maximum absolute atomic E-state index is 12.7. The number of H-pyrrole nitrogens is 1. The third-order valence-electron chi connectivity index (χ3n) is 6.44. The van der Waals surface area contributed by atoms with E-state index in [0.29, 0.717) is 35.5 Å². The fourth-order valence-corrected chi connectivity index (χ4v) is 4.72. The third-order valence-corrected chi connectivity index (χ3v) is 6.44. The molecule has 1 N–H and O–H groups in total. The summed E-state index contributed by atoms with van der Waals surface area (Å²) in [5, 5.41) is 14.4. The Labute approximate surface area is 216 Å². The number of aryl methyl sites for hydroxylation is 3. The molecule has 0 bridgehead atoms. The largest absolute Gasteiger partial charge is 0.468 e. The van der Waals surface area contributed by atoms with Crippen LogP contribution in [0.1, 0.15) is 36.5 Å². The van der Waals surface area contributed by atoms with Crippen LogP contribution in [0.2, 0.25) is 0 Å². The van der Waals surface area contributed by atoms with Crippen LogP contribution < -0.4 is 4.74 Å². The van der Waals surface area contributed by atoms with Crippen molar-refractivity contribution in [1.82, 2.24) is 39.7 Å². The number of rotatable bonds is 8. The Balaban J connectivity index is 1.50. The highest BCUT2D eigenvalue weighted by molar-refractivity contribution is 5.80. The maximum Gasteiger partial charge on any atom is 0.422 e. The van der Waals surface area contributed by atoms with Gasteiger partial charge in [-0.2, -0.15) is 18.2 Å². The highest BCUT2D eigenvalue weighted by Gasteiger charge is 2.29. The van der Waals surface area contributed by atoms with E-state index >= 15 is 0 Å². The number of fused-ring (bicyclic) bond motifs is 1. The lowest BCUT2D eigenvalue weighted by atomic mass is 10.0. The number of hydrogen-bond donors (Lipinski definition) is 1. The minimum absolute atomic E-state index is 0.0726. The van der Waals surface area contributed by atoms with E-state index in [9.17, 15) is 13.2 Å². The molecule has 0 amide bonds. The zero-order chi connectivity index (χ0) is 27.0. The minimum atomic E-state index is -4.44. The summed E-state index contributed by atoms with van der Waals surface area (Å²) < 4.78 is 47.2. The summed E-state index contributed by atoms with van der Waals surface area (Å²) in [6.07, 6.45) is -3.80. The normalized spacial score (nSPS) is 12.0. The number of nitrogens with one attached hydrogen (secondary N) is 1. The van der Waals surface area contributed by atoms with Gasteiger partial charge in [0.2, 0.25) is 5.88 Å². The monoisotopic (exact) mass is 524 g/mol. The van der Waals surface area contributed by atoms with E-state index < -0.39 is 12.8 Å². The Bertz CT molecular complexity index is 1570. The first-order chi connectivity index (χ1) is 18.2. The smallest absolute Gasteiger partial charge is 0.422 e. The Morgan fingerprint density at radius 1 is 1.00 bits per heavy atom. The van der Waals surface area contributed by atoms with E-state index in [1.807, 2.05) is 42.7 Å². The molecule has 0 aliphatic carbocycles. The van der Waals surface area contributed by atoms with Crippen LogP contribution in [0.25, 0.3) is 33.8 Å². The number of alkyl halides is 3. The van der Waals surface area contributed by atoms with Gasteiger partial charge in [-0.25, -0.2) is 10.1 Å². The lowest BCUT2D eigenvalue weighted by Gasteiger charge is -2.13. The molecular formula is C26H27F3N8O. The molecule has 0 saturated heterocycles. The molecule has 5 aromatic rings. The summed E-state index contributed by atoms with van der Waals surface area (Å²) >= 11 is 0. The maximum atomic E-state index is 12.7. The van der Waals surface area contributed by atoms with Gasteiger partial charge in [0.25, 0.3) is 0 Å². The van der Waals surface area contributed by atoms with Crippen LogP contribution in [-0.2, 0) is 19.5 Å². The molecule has 0 fully saturated rings. The van der Waals surface area contributed by atoms with Crippen LogP contribution in [0, 0.1) is 13.8 Å². The van der Waals surface area contributed by atoms with E-state index in [4.69, 9.17) is 9.72 Å². The van der Waals surface area contributed by atoms with Gasteiger partial charge in [0.15, 0.2) is 18.1 Å². The number of nitrogens with zero attached hydrogens (tertiary/aromatic N) is 7. The summed E-state index contributed by atoms with van der Waals surface area (Å²) in [4.78, 5) is 9.09. The average Bonchev–Trinajstić information content (AvgIpc) is 3.61. The summed E-state index contributed by atoms with van der Waals surface area (Å²) in [7, 11) is 0. The molecule has 4 aromatic heterocycles. The van der Waals surface area contributed by atoms with Crippen molar-refractivity contribution in [2.75, 3.05) is 6.61 Å². The molecule has 4 heterocycles. The molecule has 1 aromatic carbocycles. The van der Waals surface area contributed by atoms with E-state index in [-0.39, 0.29) is 5.88 Å².